The average Bonchev–Trinajstić information content (AvgIpc) is 2.81. The van der Waals surface area contributed by atoms with Gasteiger partial charge in [-0.15, -0.1) is 0 Å². The molecule has 2 rings (SSSR count). The molecule has 2 aromatic heterocycles. The summed E-state index contributed by atoms with van der Waals surface area (Å²) in [6, 6.07) is 5.39. The zero-order chi connectivity index (χ0) is 13.7. The first kappa shape index (κ1) is 13.9. The van der Waals surface area contributed by atoms with Crippen molar-refractivity contribution in [1.29, 1.82) is 0 Å². The van der Waals surface area contributed by atoms with Crippen LogP contribution < -0.4 is 10.9 Å². The molecule has 2 N–H and O–H groups in total. The quantitative estimate of drug-likeness (QED) is 0.625. The lowest BCUT2D eigenvalue weighted by atomic mass is 10.4. The Kier molecular flexibility index (Phi) is 4.81. The van der Waals surface area contributed by atoms with Crippen molar-refractivity contribution in [2.75, 3.05) is 6.54 Å². The number of furan rings is 1. The average molecular weight is 279 g/mol. The standard InChI is InChI=1S/C13H17N3O2S/c1-3-14-7-10-4-5-11(18-10)8-19-13-15-9(2)6-12(17)16-13/h4-6,14H,3,7-8H2,1-2H3,(H,15,16,17). The molecule has 6 heteroatoms. The number of thioether (sulfide) groups is 1. The number of H-pyrrole nitrogens is 1. The lowest BCUT2D eigenvalue weighted by Gasteiger charge is -2.00. The Hall–Kier alpha value is -1.53. The second-order valence-corrected chi connectivity index (χ2v) is 5.09. The highest BCUT2D eigenvalue weighted by atomic mass is 32.2. The van der Waals surface area contributed by atoms with Crippen LogP contribution in [0.1, 0.15) is 24.1 Å². The maximum atomic E-state index is 11.3. The van der Waals surface area contributed by atoms with Crippen molar-refractivity contribution < 1.29 is 4.42 Å². The van der Waals surface area contributed by atoms with Crippen LogP contribution in [0.15, 0.2) is 32.6 Å². The van der Waals surface area contributed by atoms with Gasteiger partial charge in [0.05, 0.1) is 12.3 Å². The van der Waals surface area contributed by atoms with E-state index in [1.54, 1.807) is 6.92 Å². The molecule has 0 fully saturated rings. The van der Waals surface area contributed by atoms with Crippen molar-refractivity contribution >= 4 is 11.8 Å². The van der Waals surface area contributed by atoms with Gasteiger partial charge in [0.15, 0.2) is 5.16 Å². The first-order valence-corrected chi connectivity index (χ1v) is 7.15. The lowest BCUT2D eigenvalue weighted by molar-refractivity contribution is 0.462. The van der Waals surface area contributed by atoms with E-state index in [0.717, 1.165) is 30.3 Å². The second-order valence-electron chi connectivity index (χ2n) is 4.13. The van der Waals surface area contributed by atoms with Crippen LogP contribution in [0.2, 0.25) is 0 Å². The van der Waals surface area contributed by atoms with E-state index >= 15 is 0 Å². The molecule has 2 heterocycles. The third-order valence-corrected chi connectivity index (χ3v) is 3.36. The first-order valence-electron chi connectivity index (χ1n) is 6.16. The van der Waals surface area contributed by atoms with E-state index in [4.69, 9.17) is 4.42 Å². The molecule has 0 aromatic carbocycles. The van der Waals surface area contributed by atoms with Crippen LogP contribution in [0, 0.1) is 6.92 Å². The van der Waals surface area contributed by atoms with E-state index in [-0.39, 0.29) is 5.56 Å². The molecule has 0 atom stereocenters. The number of hydrogen-bond acceptors (Lipinski definition) is 5. The summed E-state index contributed by atoms with van der Waals surface area (Å²) in [6.07, 6.45) is 0. The summed E-state index contributed by atoms with van der Waals surface area (Å²) in [5.74, 6) is 2.45. The van der Waals surface area contributed by atoms with Gasteiger partial charge >= 0.3 is 0 Å². The fraction of sp³-hybridized carbons (Fsp3) is 0.385. The van der Waals surface area contributed by atoms with Gasteiger partial charge in [-0.3, -0.25) is 4.79 Å². The van der Waals surface area contributed by atoms with Gasteiger partial charge in [-0.2, -0.15) is 0 Å². The van der Waals surface area contributed by atoms with E-state index in [1.165, 1.54) is 17.8 Å². The van der Waals surface area contributed by atoms with Crippen LogP contribution in [0.5, 0.6) is 0 Å². The highest BCUT2D eigenvalue weighted by molar-refractivity contribution is 7.98. The topological polar surface area (TPSA) is 70.9 Å². The van der Waals surface area contributed by atoms with Crippen LogP contribution >= 0.6 is 11.8 Å². The monoisotopic (exact) mass is 279 g/mol. The molecule has 2 aromatic rings. The predicted octanol–water partition coefficient (Wildman–Crippen LogP) is 2.07. The van der Waals surface area contributed by atoms with Crippen LogP contribution in [0.4, 0.5) is 0 Å². The predicted molar refractivity (Wildman–Crippen MR) is 75.2 cm³/mol. The molecule has 19 heavy (non-hydrogen) atoms. The van der Waals surface area contributed by atoms with Crippen molar-refractivity contribution in [2.24, 2.45) is 0 Å². The summed E-state index contributed by atoms with van der Waals surface area (Å²) in [7, 11) is 0. The van der Waals surface area contributed by atoms with Crippen LogP contribution in [0.25, 0.3) is 0 Å². The maximum absolute atomic E-state index is 11.3. The molecular weight excluding hydrogens is 262 g/mol. The van der Waals surface area contributed by atoms with E-state index in [2.05, 4.69) is 22.2 Å². The Balaban J connectivity index is 1.94. The molecule has 0 saturated heterocycles. The van der Waals surface area contributed by atoms with Crippen molar-refractivity contribution in [1.82, 2.24) is 15.3 Å². The number of aromatic amines is 1. The summed E-state index contributed by atoms with van der Waals surface area (Å²) < 4.78 is 5.66. The molecule has 0 bridgehead atoms. The summed E-state index contributed by atoms with van der Waals surface area (Å²) in [5.41, 5.74) is 0.598. The van der Waals surface area contributed by atoms with Crippen molar-refractivity contribution in [2.45, 2.75) is 31.3 Å². The lowest BCUT2D eigenvalue weighted by Crippen LogP contribution is -2.10. The molecule has 102 valence electrons. The minimum absolute atomic E-state index is 0.123. The third kappa shape index (κ3) is 4.25. The molecule has 0 aliphatic heterocycles. The molecule has 0 amide bonds. The molecule has 0 aliphatic rings. The molecule has 0 aliphatic carbocycles. The molecular formula is C13H17N3O2S. The number of nitrogens with one attached hydrogen (secondary N) is 2. The highest BCUT2D eigenvalue weighted by Gasteiger charge is 2.04. The first-order chi connectivity index (χ1) is 9.17. The summed E-state index contributed by atoms with van der Waals surface area (Å²) >= 11 is 1.46. The smallest absolute Gasteiger partial charge is 0.251 e. The van der Waals surface area contributed by atoms with Gasteiger partial charge in [0.1, 0.15) is 11.5 Å². The number of aromatic nitrogens is 2. The zero-order valence-corrected chi connectivity index (χ0v) is 11.8. The Morgan fingerprint density at radius 1 is 1.42 bits per heavy atom. The zero-order valence-electron chi connectivity index (χ0n) is 11.0. The van der Waals surface area contributed by atoms with Crippen LogP contribution in [0.3, 0.4) is 0 Å². The minimum atomic E-state index is -0.123. The molecule has 0 unspecified atom stereocenters. The van der Waals surface area contributed by atoms with Gasteiger partial charge in [0.2, 0.25) is 0 Å². The number of rotatable bonds is 6. The van der Waals surface area contributed by atoms with E-state index < -0.39 is 0 Å². The Morgan fingerprint density at radius 3 is 2.95 bits per heavy atom. The van der Waals surface area contributed by atoms with Gasteiger partial charge < -0.3 is 14.7 Å². The second kappa shape index (κ2) is 6.58. The summed E-state index contributed by atoms with van der Waals surface area (Å²) in [6.45, 7) is 5.51. The fourth-order valence-corrected chi connectivity index (χ4v) is 2.42. The largest absolute Gasteiger partial charge is 0.464 e. The van der Waals surface area contributed by atoms with Gasteiger partial charge in [0.25, 0.3) is 5.56 Å². The molecule has 5 nitrogen and oxygen atoms in total. The highest BCUT2D eigenvalue weighted by Crippen LogP contribution is 2.20. The van der Waals surface area contributed by atoms with Crippen molar-refractivity contribution in [3.8, 4) is 0 Å². The number of hydrogen-bond donors (Lipinski definition) is 2. The van der Waals surface area contributed by atoms with Crippen LogP contribution in [-0.4, -0.2) is 16.5 Å². The van der Waals surface area contributed by atoms with Gasteiger partial charge in [-0.1, -0.05) is 18.7 Å². The van der Waals surface area contributed by atoms with E-state index in [0.29, 0.717) is 10.9 Å². The molecule has 0 radical (unpaired) electrons. The Bertz CT molecular complexity index is 592. The summed E-state index contributed by atoms with van der Waals surface area (Å²) in [5, 5.41) is 3.83. The Labute approximate surface area is 115 Å². The minimum Gasteiger partial charge on any atom is -0.464 e. The molecule has 0 spiro atoms. The normalized spacial score (nSPS) is 10.8. The third-order valence-electron chi connectivity index (χ3n) is 2.47. The van der Waals surface area contributed by atoms with E-state index in [9.17, 15) is 4.79 Å². The van der Waals surface area contributed by atoms with Gasteiger partial charge in [0, 0.05) is 11.8 Å². The SMILES string of the molecule is CCNCc1ccc(CSc2nc(C)cc(=O)[nH]2)o1. The number of nitrogens with zero attached hydrogens (tertiary/aromatic N) is 1. The number of aryl methyl sites for hydroxylation is 1. The van der Waals surface area contributed by atoms with Crippen molar-refractivity contribution in [3.63, 3.8) is 0 Å². The van der Waals surface area contributed by atoms with Crippen molar-refractivity contribution in [3.05, 3.63) is 45.8 Å². The van der Waals surface area contributed by atoms with Gasteiger partial charge in [-0.25, -0.2) is 4.98 Å². The summed E-state index contributed by atoms with van der Waals surface area (Å²) in [4.78, 5) is 18.3. The fourth-order valence-electron chi connectivity index (χ4n) is 1.60. The Morgan fingerprint density at radius 2 is 2.21 bits per heavy atom. The van der Waals surface area contributed by atoms with Gasteiger partial charge in [-0.05, 0) is 25.6 Å². The van der Waals surface area contributed by atoms with Crippen LogP contribution in [-0.2, 0) is 12.3 Å². The maximum Gasteiger partial charge on any atom is 0.251 e. The van der Waals surface area contributed by atoms with E-state index in [1.807, 2.05) is 12.1 Å². The molecule has 0 saturated carbocycles.